The lowest BCUT2D eigenvalue weighted by Gasteiger charge is -2.41. The van der Waals surface area contributed by atoms with E-state index in [1.54, 1.807) is 0 Å². The summed E-state index contributed by atoms with van der Waals surface area (Å²) in [6.45, 7) is 0. The van der Waals surface area contributed by atoms with Crippen molar-refractivity contribution in [2.75, 3.05) is 0 Å². The van der Waals surface area contributed by atoms with Crippen LogP contribution in [-0.4, -0.2) is 32.8 Å². The van der Waals surface area contributed by atoms with Crippen molar-refractivity contribution in [1.82, 2.24) is 8.61 Å². The van der Waals surface area contributed by atoms with Crippen LogP contribution in [0.5, 0.6) is 0 Å². The molecule has 4 heteroatoms. The van der Waals surface area contributed by atoms with Crippen LogP contribution < -0.4 is 0 Å². The summed E-state index contributed by atoms with van der Waals surface area (Å²) in [6.07, 6.45) is 26.3. The van der Waals surface area contributed by atoms with Crippen molar-refractivity contribution in [3.63, 3.8) is 0 Å². The highest BCUT2D eigenvalue weighted by atomic mass is 33.1. The molecule has 4 saturated carbocycles. The fourth-order valence-electron chi connectivity index (χ4n) is 5.91. The van der Waals surface area contributed by atoms with Crippen molar-refractivity contribution in [2.45, 2.75) is 140 Å². The zero-order valence-corrected chi connectivity index (χ0v) is 18.4. The minimum Gasteiger partial charge on any atom is -0.234 e. The van der Waals surface area contributed by atoms with Crippen LogP contribution in [0.2, 0.25) is 0 Å². The van der Waals surface area contributed by atoms with Gasteiger partial charge in [-0.05, 0) is 51.4 Å². The van der Waals surface area contributed by atoms with Crippen LogP contribution in [0.25, 0.3) is 0 Å². The van der Waals surface area contributed by atoms with Crippen molar-refractivity contribution >= 4 is 22.0 Å². The maximum Gasteiger partial charge on any atom is 0.0214 e. The van der Waals surface area contributed by atoms with E-state index in [-0.39, 0.29) is 0 Å². The van der Waals surface area contributed by atoms with Gasteiger partial charge in [0.25, 0.3) is 0 Å². The van der Waals surface area contributed by atoms with Crippen LogP contribution in [-0.2, 0) is 0 Å². The summed E-state index contributed by atoms with van der Waals surface area (Å²) in [5, 5.41) is 0. The second-order valence-corrected chi connectivity index (χ2v) is 11.4. The molecule has 4 aliphatic carbocycles. The zero-order chi connectivity index (χ0) is 17.6. The van der Waals surface area contributed by atoms with E-state index in [1.807, 2.05) is 0 Å². The molecule has 26 heavy (non-hydrogen) atoms. The van der Waals surface area contributed by atoms with E-state index in [0.29, 0.717) is 0 Å². The lowest BCUT2D eigenvalue weighted by atomic mass is 9.94. The first-order valence-electron chi connectivity index (χ1n) is 11.8. The minimum absolute atomic E-state index is 0.862. The molecule has 4 rings (SSSR count). The third-order valence-electron chi connectivity index (χ3n) is 7.44. The van der Waals surface area contributed by atoms with E-state index >= 15 is 0 Å². The van der Waals surface area contributed by atoms with E-state index in [9.17, 15) is 0 Å². The zero-order valence-electron chi connectivity index (χ0n) is 16.7. The predicted molar refractivity (Wildman–Crippen MR) is 117 cm³/mol. The molecule has 0 aromatic rings. The minimum atomic E-state index is 0.862. The standard InChI is InChI=1S/C22H40N2S2/c1-3-11-19(12-4-1)23(21-15-7-8-16-21)25-26-24(22-17-9-10-18-22)20-13-5-2-6-14-20/h19-22H,1-18H2. The Kier molecular flexibility index (Phi) is 7.98. The first kappa shape index (κ1) is 19.9. The van der Waals surface area contributed by atoms with Crippen LogP contribution in [0.15, 0.2) is 0 Å². The molecule has 0 heterocycles. The molecule has 0 aliphatic heterocycles. The summed E-state index contributed by atoms with van der Waals surface area (Å²) in [6, 6.07) is 3.46. The predicted octanol–water partition coefficient (Wildman–Crippen LogP) is 7.35. The smallest absolute Gasteiger partial charge is 0.0214 e. The number of nitrogens with zero attached hydrogens (tertiary/aromatic N) is 2. The Morgan fingerprint density at radius 1 is 0.346 bits per heavy atom. The third kappa shape index (κ3) is 5.15. The number of hydrogen-bond acceptors (Lipinski definition) is 4. The lowest BCUT2D eigenvalue weighted by molar-refractivity contribution is 0.218. The van der Waals surface area contributed by atoms with Gasteiger partial charge < -0.3 is 0 Å². The largest absolute Gasteiger partial charge is 0.234 e. The molecule has 4 aliphatic rings. The van der Waals surface area contributed by atoms with Gasteiger partial charge in [-0.25, -0.2) is 8.61 Å². The Morgan fingerprint density at radius 2 is 0.577 bits per heavy atom. The van der Waals surface area contributed by atoms with Gasteiger partial charge in [0.15, 0.2) is 0 Å². The van der Waals surface area contributed by atoms with Crippen molar-refractivity contribution in [3.8, 4) is 0 Å². The molecule has 0 aromatic carbocycles. The molecule has 0 N–H and O–H groups in total. The molecule has 0 atom stereocenters. The highest BCUT2D eigenvalue weighted by Gasteiger charge is 2.35. The van der Waals surface area contributed by atoms with E-state index in [1.165, 1.54) is 116 Å². The Bertz CT molecular complexity index is 357. The molecule has 0 unspecified atom stereocenters. The lowest BCUT2D eigenvalue weighted by Crippen LogP contribution is -2.40. The van der Waals surface area contributed by atoms with Gasteiger partial charge in [-0.3, -0.25) is 0 Å². The van der Waals surface area contributed by atoms with Gasteiger partial charge >= 0.3 is 0 Å². The SMILES string of the molecule is C1CCC(N(SSN(C2CCCCC2)C2CCCC2)C2CCCC2)CC1. The summed E-state index contributed by atoms with van der Waals surface area (Å²) < 4.78 is 5.84. The van der Waals surface area contributed by atoms with Gasteiger partial charge in [0.1, 0.15) is 0 Å². The van der Waals surface area contributed by atoms with Crippen LogP contribution in [0.4, 0.5) is 0 Å². The van der Waals surface area contributed by atoms with Crippen molar-refractivity contribution in [3.05, 3.63) is 0 Å². The molecule has 0 aromatic heterocycles. The molecule has 4 fully saturated rings. The van der Waals surface area contributed by atoms with Gasteiger partial charge in [-0.15, -0.1) is 0 Å². The molecule has 2 nitrogen and oxygen atoms in total. The normalized spacial score (nSPS) is 27.9. The van der Waals surface area contributed by atoms with Crippen LogP contribution in [0, 0.1) is 0 Å². The number of hydrogen-bond donors (Lipinski definition) is 0. The summed E-state index contributed by atoms with van der Waals surface area (Å²) in [5.41, 5.74) is 0. The van der Waals surface area contributed by atoms with E-state index in [2.05, 4.69) is 30.6 Å². The molecule has 0 radical (unpaired) electrons. The molecule has 150 valence electrons. The maximum absolute atomic E-state index is 2.92. The second-order valence-electron chi connectivity index (χ2n) is 9.33. The Hall–Kier alpha value is 0.620. The summed E-state index contributed by atoms with van der Waals surface area (Å²) in [5.74, 6) is 0. The molecular formula is C22H40N2S2. The summed E-state index contributed by atoms with van der Waals surface area (Å²) in [4.78, 5) is 0. The monoisotopic (exact) mass is 396 g/mol. The first-order chi connectivity index (χ1) is 12.9. The Morgan fingerprint density at radius 3 is 0.846 bits per heavy atom. The van der Waals surface area contributed by atoms with Crippen molar-refractivity contribution in [2.24, 2.45) is 0 Å². The van der Waals surface area contributed by atoms with E-state index in [4.69, 9.17) is 0 Å². The molecule has 0 saturated heterocycles. The third-order valence-corrected chi connectivity index (χ3v) is 10.3. The van der Waals surface area contributed by atoms with Gasteiger partial charge in [0, 0.05) is 46.1 Å². The van der Waals surface area contributed by atoms with Gasteiger partial charge in [0.05, 0.1) is 0 Å². The van der Waals surface area contributed by atoms with Crippen LogP contribution in [0.1, 0.15) is 116 Å². The van der Waals surface area contributed by atoms with Crippen molar-refractivity contribution in [1.29, 1.82) is 0 Å². The number of rotatable bonds is 7. The fourth-order valence-corrected chi connectivity index (χ4v) is 9.31. The Balaban J connectivity index is 1.40. The van der Waals surface area contributed by atoms with E-state index in [0.717, 1.165) is 24.2 Å². The highest BCUT2D eigenvalue weighted by molar-refractivity contribution is 8.74. The van der Waals surface area contributed by atoms with Crippen LogP contribution >= 0.6 is 22.0 Å². The van der Waals surface area contributed by atoms with Crippen molar-refractivity contribution < 1.29 is 0 Å². The molecule has 0 bridgehead atoms. The quantitative estimate of drug-likeness (QED) is 0.327. The second kappa shape index (κ2) is 10.4. The molecule has 0 amide bonds. The summed E-state index contributed by atoms with van der Waals surface area (Å²) >= 11 is 0. The fraction of sp³-hybridized carbons (Fsp3) is 1.00. The molecule has 0 spiro atoms. The average molecular weight is 397 g/mol. The molecular weight excluding hydrogens is 356 g/mol. The first-order valence-corrected chi connectivity index (χ1v) is 13.9. The van der Waals surface area contributed by atoms with E-state index < -0.39 is 0 Å². The maximum atomic E-state index is 2.92. The summed E-state index contributed by atoms with van der Waals surface area (Å²) in [7, 11) is 4.38. The van der Waals surface area contributed by atoms with Gasteiger partial charge in [-0.2, -0.15) is 0 Å². The highest BCUT2D eigenvalue weighted by Crippen LogP contribution is 2.45. The van der Waals surface area contributed by atoms with Gasteiger partial charge in [0.2, 0.25) is 0 Å². The van der Waals surface area contributed by atoms with Gasteiger partial charge in [-0.1, -0.05) is 64.2 Å². The van der Waals surface area contributed by atoms with Crippen LogP contribution in [0.3, 0.4) is 0 Å². The average Bonchev–Trinajstić information content (AvgIpc) is 3.41. The Labute approximate surface area is 170 Å². The topological polar surface area (TPSA) is 6.48 Å².